The van der Waals surface area contributed by atoms with Gasteiger partial charge in [-0.05, 0) is 31.0 Å². The van der Waals surface area contributed by atoms with Gasteiger partial charge in [-0.1, -0.05) is 12.1 Å². The molecule has 1 aromatic carbocycles. The number of hydrogen-bond acceptors (Lipinski definition) is 2. The van der Waals surface area contributed by atoms with E-state index in [0.717, 1.165) is 25.1 Å². The van der Waals surface area contributed by atoms with Crippen molar-refractivity contribution in [3.63, 3.8) is 0 Å². The third-order valence-electron chi connectivity index (χ3n) is 3.00. The fourth-order valence-electron chi connectivity index (χ4n) is 2.20. The molecule has 0 saturated carbocycles. The predicted molar refractivity (Wildman–Crippen MR) is 56.4 cm³/mol. The maximum Gasteiger partial charge on any atom is 0.137 e. The molecule has 3 rings (SSSR count). The minimum absolute atomic E-state index is 0.977. The molecule has 0 bridgehead atoms. The Balaban J connectivity index is 2.35. The Labute approximate surface area is 82.9 Å². The maximum atomic E-state index is 5.62. The molecule has 2 heteroatoms. The lowest BCUT2D eigenvalue weighted by atomic mass is 9.98. The standard InChI is InChI=1S/C12H13NO/c1-8-7-14-12-10(8)3-2-9-6-13-5-4-11(9)12/h2-3,7,13H,4-6H2,1H3. The Kier molecular flexibility index (Phi) is 1.64. The molecule has 0 amide bonds. The Morgan fingerprint density at radius 2 is 2.29 bits per heavy atom. The molecule has 1 aromatic heterocycles. The van der Waals surface area contributed by atoms with Gasteiger partial charge in [0.25, 0.3) is 0 Å². The SMILES string of the molecule is Cc1coc2c3c(ccc12)CNCC3. The summed E-state index contributed by atoms with van der Waals surface area (Å²) in [5.41, 5.74) is 5.12. The molecule has 72 valence electrons. The van der Waals surface area contributed by atoms with Gasteiger partial charge in [-0.2, -0.15) is 0 Å². The van der Waals surface area contributed by atoms with Crippen LogP contribution in [0.1, 0.15) is 16.7 Å². The summed E-state index contributed by atoms with van der Waals surface area (Å²) >= 11 is 0. The van der Waals surface area contributed by atoms with Gasteiger partial charge in [0.05, 0.1) is 6.26 Å². The number of benzene rings is 1. The number of aryl methyl sites for hydroxylation is 1. The average Bonchev–Trinajstić information content (AvgIpc) is 2.61. The van der Waals surface area contributed by atoms with Crippen molar-refractivity contribution >= 4 is 11.0 Å². The Morgan fingerprint density at radius 3 is 3.21 bits per heavy atom. The third-order valence-corrected chi connectivity index (χ3v) is 3.00. The van der Waals surface area contributed by atoms with Gasteiger partial charge < -0.3 is 9.73 Å². The van der Waals surface area contributed by atoms with E-state index in [2.05, 4.69) is 24.4 Å². The molecule has 1 aliphatic heterocycles. The second kappa shape index (κ2) is 2.85. The monoisotopic (exact) mass is 187 g/mol. The minimum atomic E-state index is 0.977. The molecular weight excluding hydrogens is 174 g/mol. The minimum Gasteiger partial charge on any atom is -0.464 e. The van der Waals surface area contributed by atoms with Gasteiger partial charge in [0.2, 0.25) is 0 Å². The lowest BCUT2D eigenvalue weighted by molar-refractivity contribution is 0.591. The van der Waals surface area contributed by atoms with Crippen LogP contribution in [0.5, 0.6) is 0 Å². The largest absolute Gasteiger partial charge is 0.464 e. The molecule has 14 heavy (non-hydrogen) atoms. The molecule has 0 saturated heterocycles. The zero-order valence-electron chi connectivity index (χ0n) is 8.26. The summed E-state index contributed by atoms with van der Waals surface area (Å²) in [5.74, 6) is 0. The summed E-state index contributed by atoms with van der Waals surface area (Å²) in [5, 5.41) is 4.64. The number of nitrogens with one attached hydrogen (secondary N) is 1. The Morgan fingerprint density at radius 1 is 1.36 bits per heavy atom. The van der Waals surface area contributed by atoms with Crippen LogP contribution in [0.3, 0.4) is 0 Å². The molecule has 0 aliphatic carbocycles. The average molecular weight is 187 g/mol. The van der Waals surface area contributed by atoms with Crippen LogP contribution in [0.2, 0.25) is 0 Å². The quantitative estimate of drug-likeness (QED) is 0.685. The fourth-order valence-corrected chi connectivity index (χ4v) is 2.20. The topological polar surface area (TPSA) is 25.2 Å². The predicted octanol–water partition coefficient (Wildman–Crippen LogP) is 2.39. The summed E-state index contributed by atoms with van der Waals surface area (Å²) in [6.45, 7) is 4.14. The lowest BCUT2D eigenvalue weighted by Gasteiger charge is -2.16. The first-order valence-electron chi connectivity index (χ1n) is 5.05. The fraction of sp³-hybridized carbons (Fsp3) is 0.333. The van der Waals surface area contributed by atoms with E-state index < -0.39 is 0 Å². The highest BCUT2D eigenvalue weighted by Gasteiger charge is 2.14. The van der Waals surface area contributed by atoms with Gasteiger partial charge >= 0.3 is 0 Å². The van der Waals surface area contributed by atoms with Crippen molar-refractivity contribution in [2.75, 3.05) is 6.54 Å². The van der Waals surface area contributed by atoms with Gasteiger partial charge in [-0.25, -0.2) is 0 Å². The van der Waals surface area contributed by atoms with Crippen LogP contribution < -0.4 is 5.32 Å². The van der Waals surface area contributed by atoms with E-state index in [-0.39, 0.29) is 0 Å². The molecule has 0 radical (unpaired) electrons. The summed E-state index contributed by atoms with van der Waals surface area (Å²) < 4.78 is 5.62. The molecular formula is C12H13NO. The molecule has 0 atom stereocenters. The maximum absolute atomic E-state index is 5.62. The highest BCUT2D eigenvalue weighted by molar-refractivity contribution is 5.84. The number of hydrogen-bond donors (Lipinski definition) is 1. The summed E-state index contributed by atoms with van der Waals surface area (Å²) in [6, 6.07) is 4.38. The summed E-state index contributed by atoms with van der Waals surface area (Å²) in [7, 11) is 0. The van der Waals surface area contributed by atoms with Crippen LogP contribution in [0, 0.1) is 6.92 Å². The van der Waals surface area contributed by atoms with Gasteiger partial charge in [0, 0.05) is 17.5 Å². The van der Waals surface area contributed by atoms with Gasteiger partial charge in [-0.3, -0.25) is 0 Å². The summed E-state index contributed by atoms with van der Waals surface area (Å²) in [4.78, 5) is 0. The van der Waals surface area contributed by atoms with Crippen LogP contribution in [0.4, 0.5) is 0 Å². The van der Waals surface area contributed by atoms with Crippen molar-refractivity contribution in [1.29, 1.82) is 0 Å². The van der Waals surface area contributed by atoms with Gasteiger partial charge in [-0.15, -0.1) is 0 Å². The van der Waals surface area contributed by atoms with Crippen molar-refractivity contribution in [2.24, 2.45) is 0 Å². The molecule has 0 spiro atoms. The first kappa shape index (κ1) is 8.06. The van der Waals surface area contributed by atoms with Crippen LogP contribution >= 0.6 is 0 Å². The third kappa shape index (κ3) is 1.01. The first-order chi connectivity index (χ1) is 6.86. The van der Waals surface area contributed by atoms with Crippen molar-refractivity contribution < 1.29 is 4.42 Å². The molecule has 2 aromatic rings. The zero-order chi connectivity index (χ0) is 9.54. The second-order valence-electron chi connectivity index (χ2n) is 3.93. The van der Waals surface area contributed by atoms with E-state index in [1.807, 2.05) is 6.26 Å². The van der Waals surface area contributed by atoms with E-state index in [1.54, 1.807) is 0 Å². The van der Waals surface area contributed by atoms with E-state index >= 15 is 0 Å². The molecule has 1 N–H and O–H groups in total. The molecule has 0 fully saturated rings. The normalized spacial score (nSPS) is 15.8. The van der Waals surface area contributed by atoms with E-state index in [0.29, 0.717) is 0 Å². The van der Waals surface area contributed by atoms with E-state index in [1.165, 1.54) is 22.1 Å². The highest BCUT2D eigenvalue weighted by atomic mass is 16.3. The molecule has 2 nitrogen and oxygen atoms in total. The number of fused-ring (bicyclic) bond motifs is 3. The molecule has 2 heterocycles. The van der Waals surface area contributed by atoms with Crippen LogP contribution in [-0.4, -0.2) is 6.54 Å². The zero-order valence-corrected chi connectivity index (χ0v) is 8.26. The van der Waals surface area contributed by atoms with Crippen LogP contribution in [0.25, 0.3) is 11.0 Å². The molecule has 1 aliphatic rings. The summed E-state index contributed by atoms with van der Waals surface area (Å²) in [6.07, 6.45) is 2.94. The van der Waals surface area contributed by atoms with Crippen molar-refractivity contribution in [2.45, 2.75) is 19.9 Å². The van der Waals surface area contributed by atoms with E-state index in [4.69, 9.17) is 4.42 Å². The van der Waals surface area contributed by atoms with Crippen molar-refractivity contribution in [3.8, 4) is 0 Å². The highest BCUT2D eigenvalue weighted by Crippen LogP contribution is 2.28. The molecule has 0 unspecified atom stereocenters. The van der Waals surface area contributed by atoms with Crippen molar-refractivity contribution in [1.82, 2.24) is 5.32 Å². The smallest absolute Gasteiger partial charge is 0.137 e. The second-order valence-corrected chi connectivity index (χ2v) is 3.93. The van der Waals surface area contributed by atoms with Crippen LogP contribution in [0.15, 0.2) is 22.8 Å². The Bertz CT molecular complexity index is 484. The van der Waals surface area contributed by atoms with E-state index in [9.17, 15) is 0 Å². The first-order valence-corrected chi connectivity index (χ1v) is 5.05. The number of rotatable bonds is 0. The van der Waals surface area contributed by atoms with Crippen molar-refractivity contribution in [3.05, 3.63) is 35.1 Å². The van der Waals surface area contributed by atoms with Gasteiger partial charge in [0.1, 0.15) is 5.58 Å². The Hall–Kier alpha value is -1.28. The number of furan rings is 1. The van der Waals surface area contributed by atoms with Gasteiger partial charge in [0.15, 0.2) is 0 Å². The lowest BCUT2D eigenvalue weighted by Crippen LogP contribution is -2.23. The van der Waals surface area contributed by atoms with Crippen LogP contribution in [-0.2, 0) is 13.0 Å².